The van der Waals surface area contributed by atoms with E-state index in [4.69, 9.17) is 4.74 Å². The van der Waals surface area contributed by atoms with Gasteiger partial charge < -0.3 is 9.64 Å². The van der Waals surface area contributed by atoms with Gasteiger partial charge in [0.15, 0.2) is 0 Å². The Bertz CT molecular complexity index is 307. The lowest BCUT2D eigenvalue weighted by Crippen LogP contribution is -2.43. The van der Waals surface area contributed by atoms with Crippen LogP contribution in [0.4, 0.5) is 4.79 Å². The summed E-state index contributed by atoms with van der Waals surface area (Å²) in [7, 11) is 0. The molecule has 4 heteroatoms. The Kier molecular flexibility index (Phi) is 5.17. The number of rotatable bonds is 2. The minimum Gasteiger partial charge on any atom is -0.444 e. The van der Waals surface area contributed by atoms with E-state index in [2.05, 4.69) is 0 Å². The molecule has 0 saturated carbocycles. The molecule has 1 saturated heterocycles. The van der Waals surface area contributed by atoms with Crippen molar-refractivity contribution < 1.29 is 14.3 Å². The molecule has 0 aromatic rings. The minimum atomic E-state index is -0.482. The molecule has 0 aromatic heterocycles. The van der Waals surface area contributed by atoms with Crippen molar-refractivity contribution in [2.24, 2.45) is 0 Å². The van der Waals surface area contributed by atoms with Gasteiger partial charge in [0.25, 0.3) is 0 Å². The van der Waals surface area contributed by atoms with Gasteiger partial charge in [0.1, 0.15) is 11.4 Å². The molecule has 0 aliphatic carbocycles. The zero-order valence-electron chi connectivity index (χ0n) is 12.0. The van der Waals surface area contributed by atoms with Gasteiger partial charge in [-0.15, -0.1) is 0 Å². The lowest BCUT2D eigenvalue weighted by atomic mass is 10.0. The van der Waals surface area contributed by atoms with E-state index in [0.717, 1.165) is 25.7 Å². The van der Waals surface area contributed by atoms with Crippen molar-refractivity contribution >= 4 is 11.9 Å². The second kappa shape index (κ2) is 6.21. The third-order valence-corrected chi connectivity index (χ3v) is 3.03. The van der Waals surface area contributed by atoms with Gasteiger partial charge in [-0.3, -0.25) is 4.79 Å². The maximum Gasteiger partial charge on any atom is 0.410 e. The van der Waals surface area contributed by atoms with Gasteiger partial charge in [-0.1, -0.05) is 12.8 Å². The van der Waals surface area contributed by atoms with E-state index in [9.17, 15) is 9.59 Å². The highest BCUT2D eigenvalue weighted by Gasteiger charge is 2.29. The van der Waals surface area contributed by atoms with Gasteiger partial charge >= 0.3 is 6.09 Å². The molecule has 0 bridgehead atoms. The molecule has 0 spiro atoms. The van der Waals surface area contributed by atoms with Crippen LogP contribution in [0.1, 0.15) is 59.8 Å². The fraction of sp³-hybridized carbons (Fsp3) is 0.857. The first-order valence-electron chi connectivity index (χ1n) is 6.78. The number of hydrogen-bond acceptors (Lipinski definition) is 3. The fourth-order valence-electron chi connectivity index (χ4n) is 2.28. The molecule has 0 unspecified atom stereocenters. The van der Waals surface area contributed by atoms with Gasteiger partial charge in [0.2, 0.25) is 0 Å². The SMILES string of the molecule is CC(=O)C[C@@H]1CCCCCN1C(=O)OC(C)(C)C. The Morgan fingerprint density at radius 1 is 1.22 bits per heavy atom. The fourth-order valence-corrected chi connectivity index (χ4v) is 2.28. The Morgan fingerprint density at radius 2 is 1.89 bits per heavy atom. The van der Waals surface area contributed by atoms with Crippen molar-refractivity contribution in [1.29, 1.82) is 0 Å². The van der Waals surface area contributed by atoms with Gasteiger partial charge in [-0.2, -0.15) is 0 Å². The molecule has 0 N–H and O–H groups in total. The Labute approximate surface area is 110 Å². The first-order valence-corrected chi connectivity index (χ1v) is 6.78. The number of carbonyl (C=O) groups excluding carboxylic acids is 2. The van der Waals surface area contributed by atoms with Gasteiger partial charge in [0, 0.05) is 19.0 Å². The zero-order chi connectivity index (χ0) is 13.8. The molecule has 1 amide bonds. The molecule has 1 aliphatic heterocycles. The maximum absolute atomic E-state index is 12.2. The van der Waals surface area contributed by atoms with Gasteiger partial charge in [0.05, 0.1) is 0 Å². The predicted molar refractivity (Wildman–Crippen MR) is 70.5 cm³/mol. The number of ether oxygens (including phenoxy) is 1. The number of hydrogen-bond donors (Lipinski definition) is 0. The maximum atomic E-state index is 12.2. The average molecular weight is 255 g/mol. The van der Waals surface area contributed by atoms with E-state index in [1.165, 1.54) is 0 Å². The minimum absolute atomic E-state index is 0.0137. The molecule has 0 radical (unpaired) electrons. The highest BCUT2D eigenvalue weighted by atomic mass is 16.6. The number of carbonyl (C=O) groups is 2. The summed E-state index contributed by atoms with van der Waals surface area (Å²) >= 11 is 0. The molecular weight excluding hydrogens is 230 g/mol. The molecule has 1 heterocycles. The van der Waals surface area contributed by atoms with Crippen molar-refractivity contribution in [1.82, 2.24) is 4.90 Å². The highest BCUT2D eigenvalue weighted by Crippen LogP contribution is 2.22. The molecule has 1 aliphatic rings. The Morgan fingerprint density at radius 3 is 2.44 bits per heavy atom. The molecule has 1 fully saturated rings. The van der Waals surface area contributed by atoms with Crippen LogP contribution in [0, 0.1) is 0 Å². The standard InChI is InChI=1S/C14H25NO3/c1-11(16)10-12-8-6-5-7-9-15(12)13(17)18-14(2,3)4/h12H,5-10H2,1-4H3/t12-/m0/s1. The average Bonchev–Trinajstić information content (AvgIpc) is 2.39. The normalized spacial score (nSPS) is 21.3. The molecule has 1 rings (SSSR count). The molecular formula is C14H25NO3. The summed E-state index contributed by atoms with van der Waals surface area (Å²) in [6.07, 6.45) is 4.26. The predicted octanol–water partition coefficient (Wildman–Crippen LogP) is 3.15. The first kappa shape index (κ1) is 15.0. The molecule has 104 valence electrons. The van der Waals surface area contributed by atoms with Crippen LogP contribution in [0.3, 0.4) is 0 Å². The summed E-state index contributed by atoms with van der Waals surface area (Å²) in [5.74, 6) is 0.135. The van der Waals surface area contributed by atoms with E-state index < -0.39 is 5.60 Å². The number of amides is 1. The van der Waals surface area contributed by atoms with Crippen molar-refractivity contribution in [3.63, 3.8) is 0 Å². The summed E-state index contributed by atoms with van der Waals surface area (Å²) in [6, 6.07) is 0.0137. The third kappa shape index (κ3) is 5.07. The van der Waals surface area contributed by atoms with Crippen LogP contribution >= 0.6 is 0 Å². The van der Waals surface area contributed by atoms with E-state index in [1.54, 1.807) is 11.8 Å². The van der Waals surface area contributed by atoms with Crippen LogP contribution in [0.25, 0.3) is 0 Å². The Hall–Kier alpha value is -1.06. The Balaban J connectivity index is 2.72. The van der Waals surface area contributed by atoms with Crippen molar-refractivity contribution in [2.45, 2.75) is 71.4 Å². The summed E-state index contributed by atoms with van der Waals surface area (Å²) in [4.78, 5) is 25.2. The lowest BCUT2D eigenvalue weighted by Gasteiger charge is -2.31. The largest absolute Gasteiger partial charge is 0.444 e. The number of ketones is 1. The first-order chi connectivity index (χ1) is 8.29. The summed E-state index contributed by atoms with van der Waals surface area (Å²) in [6.45, 7) is 7.87. The third-order valence-electron chi connectivity index (χ3n) is 3.03. The van der Waals surface area contributed by atoms with E-state index in [1.807, 2.05) is 20.8 Å². The number of Topliss-reactive ketones (excluding diaryl/α,β-unsaturated/α-hetero) is 1. The van der Waals surface area contributed by atoms with Crippen LogP contribution in [0.2, 0.25) is 0 Å². The van der Waals surface area contributed by atoms with Crippen molar-refractivity contribution in [3.05, 3.63) is 0 Å². The van der Waals surface area contributed by atoms with Crippen LogP contribution in [-0.2, 0) is 9.53 Å². The quantitative estimate of drug-likeness (QED) is 0.761. The van der Waals surface area contributed by atoms with Gasteiger partial charge in [-0.25, -0.2) is 4.79 Å². The van der Waals surface area contributed by atoms with E-state index in [0.29, 0.717) is 13.0 Å². The number of nitrogens with zero attached hydrogens (tertiary/aromatic N) is 1. The van der Waals surface area contributed by atoms with Crippen LogP contribution in [0.15, 0.2) is 0 Å². The van der Waals surface area contributed by atoms with Crippen LogP contribution < -0.4 is 0 Å². The molecule has 18 heavy (non-hydrogen) atoms. The molecule has 0 aromatic carbocycles. The van der Waals surface area contributed by atoms with E-state index in [-0.39, 0.29) is 17.9 Å². The topological polar surface area (TPSA) is 46.6 Å². The highest BCUT2D eigenvalue weighted by molar-refractivity contribution is 5.77. The van der Waals surface area contributed by atoms with Crippen molar-refractivity contribution in [2.75, 3.05) is 6.54 Å². The van der Waals surface area contributed by atoms with Crippen LogP contribution in [0.5, 0.6) is 0 Å². The number of likely N-dealkylation sites (tertiary alicyclic amines) is 1. The smallest absolute Gasteiger partial charge is 0.410 e. The zero-order valence-corrected chi connectivity index (χ0v) is 12.0. The molecule has 4 nitrogen and oxygen atoms in total. The van der Waals surface area contributed by atoms with E-state index >= 15 is 0 Å². The lowest BCUT2D eigenvalue weighted by molar-refractivity contribution is -0.118. The molecule has 1 atom stereocenters. The summed E-state index contributed by atoms with van der Waals surface area (Å²) < 4.78 is 5.42. The second-order valence-corrected chi connectivity index (χ2v) is 6.08. The second-order valence-electron chi connectivity index (χ2n) is 6.08. The summed E-state index contributed by atoms with van der Waals surface area (Å²) in [5, 5.41) is 0. The van der Waals surface area contributed by atoms with Gasteiger partial charge in [-0.05, 0) is 40.5 Å². The van der Waals surface area contributed by atoms with Crippen LogP contribution in [-0.4, -0.2) is 35.0 Å². The summed E-state index contributed by atoms with van der Waals surface area (Å²) in [5.41, 5.74) is -0.482. The monoisotopic (exact) mass is 255 g/mol. The van der Waals surface area contributed by atoms with Crippen molar-refractivity contribution in [3.8, 4) is 0 Å².